The Bertz CT molecular complexity index is 349. The predicted molar refractivity (Wildman–Crippen MR) is 45.9 cm³/mol. The van der Waals surface area contributed by atoms with Gasteiger partial charge in [-0.05, 0) is 19.3 Å². The highest BCUT2D eigenvalue weighted by Gasteiger charge is 2.28. The van der Waals surface area contributed by atoms with Crippen LogP contribution in [0, 0.1) is 0 Å². The van der Waals surface area contributed by atoms with Crippen molar-refractivity contribution in [3.63, 3.8) is 0 Å². The van der Waals surface area contributed by atoms with Crippen molar-refractivity contribution in [3.8, 4) is 0 Å². The summed E-state index contributed by atoms with van der Waals surface area (Å²) in [7, 11) is 0. The molecule has 0 bridgehead atoms. The first-order chi connectivity index (χ1) is 6.68. The molecule has 0 spiro atoms. The Morgan fingerprint density at radius 1 is 1.57 bits per heavy atom. The number of carboxylic acids is 1. The average Bonchev–Trinajstić information content (AvgIpc) is 2.71. The monoisotopic (exact) mass is 197 g/mol. The third-order valence-electron chi connectivity index (χ3n) is 2.51. The lowest BCUT2D eigenvalue weighted by atomic mass is 10.2. The minimum Gasteiger partial charge on any atom is -0.476 e. The Labute approximate surface area is 80.2 Å². The van der Waals surface area contributed by atoms with E-state index in [4.69, 9.17) is 5.11 Å². The van der Waals surface area contributed by atoms with Gasteiger partial charge >= 0.3 is 5.97 Å². The van der Waals surface area contributed by atoms with Crippen molar-refractivity contribution >= 4 is 5.97 Å². The molecule has 6 nitrogen and oxygen atoms in total. The Kier molecular flexibility index (Phi) is 2.20. The molecule has 1 fully saturated rings. The third-order valence-corrected chi connectivity index (χ3v) is 2.51. The van der Waals surface area contributed by atoms with Crippen molar-refractivity contribution in [2.24, 2.45) is 0 Å². The van der Waals surface area contributed by atoms with Crippen molar-refractivity contribution in [1.82, 2.24) is 15.0 Å². The van der Waals surface area contributed by atoms with Gasteiger partial charge in [0.25, 0.3) is 0 Å². The van der Waals surface area contributed by atoms with E-state index in [1.807, 2.05) is 0 Å². The smallest absolute Gasteiger partial charge is 0.358 e. The fraction of sp³-hybridized carbons (Fsp3) is 0.625. The molecule has 1 aliphatic carbocycles. The van der Waals surface area contributed by atoms with Crippen LogP contribution in [-0.4, -0.2) is 37.3 Å². The van der Waals surface area contributed by atoms with E-state index < -0.39 is 12.1 Å². The van der Waals surface area contributed by atoms with Gasteiger partial charge in [0.15, 0.2) is 5.69 Å². The van der Waals surface area contributed by atoms with E-state index in [0.29, 0.717) is 0 Å². The summed E-state index contributed by atoms with van der Waals surface area (Å²) >= 11 is 0. The molecule has 2 rings (SSSR count). The number of aliphatic hydroxyl groups is 1. The molecule has 76 valence electrons. The predicted octanol–water partition coefficient (Wildman–Crippen LogP) is 0.0622. The van der Waals surface area contributed by atoms with Gasteiger partial charge in [0.05, 0.1) is 18.3 Å². The van der Waals surface area contributed by atoms with Gasteiger partial charge in [-0.3, -0.25) is 0 Å². The summed E-state index contributed by atoms with van der Waals surface area (Å²) in [6.45, 7) is 0. The molecule has 0 aliphatic heterocycles. The molecular formula is C8H11N3O3. The molecule has 1 heterocycles. The zero-order valence-electron chi connectivity index (χ0n) is 7.50. The van der Waals surface area contributed by atoms with E-state index >= 15 is 0 Å². The molecule has 1 aromatic rings. The molecule has 2 N–H and O–H groups in total. The minimum atomic E-state index is -1.09. The minimum absolute atomic E-state index is 0.0795. The summed E-state index contributed by atoms with van der Waals surface area (Å²) in [5.74, 6) is -1.09. The molecule has 0 unspecified atom stereocenters. The van der Waals surface area contributed by atoms with Gasteiger partial charge in [-0.2, -0.15) is 0 Å². The molecule has 1 aliphatic rings. The molecule has 14 heavy (non-hydrogen) atoms. The summed E-state index contributed by atoms with van der Waals surface area (Å²) < 4.78 is 1.45. The van der Waals surface area contributed by atoms with Gasteiger partial charge in [-0.25, -0.2) is 9.48 Å². The van der Waals surface area contributed by atoms with Crippen LogP contribution in [0.25, 0.3) is 0 Å². The third kappa shape index (κ3) is 1.48. The number of aromatic nitrogens is 3. The second-order valence-electron chi connectivity index (χ2n) is 3.45. The second kappa shape index (κ2) is 3.38. The maximum atomic E-state index is 10.5. The van der Waals surface area contributed by atoms with Gasteiger partial charge < -0.3 is 10.2 Å². The number of nitrogens with zero attached hydrogens (tertiary/aromatic N) is 3. The number of carbonyl (C=O) groups is 1. The van der Waals surface area contributed by atoms with Gasteiger partial charge in [0.1, 0.15) is 0 Å². The van der Waals surface area contributed by atoms with Gasteiger partial charge in [-0.15, -0.1) is 5.10 Å². The van der Waals surface area contributed by atoms with Crippen LogP contribution in [0.2, 0.25) is 0 Å². The van der Waals surface area contributed by atoms with Gasteiger partial charge in [0.2, 0.25) is 0 Å². The number of carboxylic acid groups (broad SMARTS) is 1. The topological polar surface area (TPSA) is 88.2 Å². The number of aromatic carboxylic acids is 1. The lowest BCUT2D eigenvalue weighted by Gasteiger charge is -2.13. The quantitative estimate of drug-likeness (QED) is 0.700. The highest BCUT2D eigenvalue weighted by Crippen LogP contribution is 2.29. The average molecular weight is 197 g/mol. The van der Waals surface area contributed by atoms with Gasteiger partial charge in [0, 0.05) is 0 Å². The summed E-state index contributed by atoms with van der Waals surface area (Å²) in [4.78, 5) is 10.5. The zero-order chi connectivity index (χ0) is 10.1. The van der Waals surface area contributed by atoms with E-state index in [1.54, 1.807) is 0 Å². The Morgan fingerprint density at radius 3 is 2.86 bits per heavy atom. The maximum absolute atomic E-state index is 10.5. The largest absolute Gasteiger partial charge is 0.476 e. The standard InChI is InChI=1S/C8H11N3O3/c12-7-3-1-2-6(7)11-4-5(8(13)14)9-10-11/h4,6-7,12H,1-3H2,(H,13,14)/t6-,7-/m1/s1. The number of rotatable bonds is 2. The molecule has 0 amide bonds. The molecule has 1 saturated carbocycles. The van der Waals surface area contributed by atoms with Crippen LogP contribution in [0.4, 0.5) is 0 Å². The first-order valence-electron chi connectivity index (χ1n) is 4.51. The highest BCUT2D eigenvalue weighted by molar-refractivity contribution is 5.84. The summed E-state index contributed by atoms with van der Waals surface area (Å²) in [5.41, 5.74) is -0.0795. The molecule has 6 heteroatoms. The van der Waals surface area contributed by atoms with Crippen molar-refractivity contribution in [2.75, 3.05) is 0 Å². The summed E-state index contributed by atoms with van der Waals surface area (Å²) in [6.07, 6.45) is 3.44. The Morgan fingerprint density at radius 2 is 2.36 bits per heavy atom. The lowest BCUT2D eigenvalue weighted by molar-refractivity contribution is 0.0690. The molecule has 2 atom stereocenters. The molecule has 0 saturated heterocycles. The fourth-order valence-corrected chi connectivity index (χ4v) is 1.77. The Balaban J connectivity index is 2.20. The SMILES string of the molecule is O=C(O)c1cn([C@@H]2CCC[C@H]2O)nn1. The molecule has 0 radical (unpaired) electrons. The van der Waals surface area contributed by atoms with Crippen LogP contribution in [0.15, 0.2) is 6.20 Å². The van der Waals surface area contributed by atoms with E-state index in [2.05, 4.69) is 10.3 Å². The van der Waals surface area contributed by atoms with Crippen LogP contribution in [0.1, 0.15) is 35.8 Å². The highest BCUT2D eigenvalue weighted by atomic mass is 16.4. The Hall–Kier alpha value is -1.43. The number of hydrogen-bond acceptors (Lipinski definition) is 4. The van der Waals surface area contributed by atoms with Crippen LogP contribution in [0.3, 0.4) is 0 Å². The van der Waals surface area contributed by atoms with E-state index in [0.717, 1.165) is 19.3 Å². The van der Waals surface area contributed by atoms with E-state index in [1.165, 1.54) is 10.9 Å². The van der Waals surface area contributed by atoms with Crippen LogP contribution in [0.5, 0.6) is 0 Å². The van der Waals surface area contributed by atoms with Crippen LogP contribution in [-0.2, 0) is 0 Å². The fourth-order valence-electron chi connectivity index (χ4n) is 1.77. The van der Waals surface area contributed by atoms with E-state index in [-0.39, 0.29) is 11.7 Å². The molecular weight excluding hydrogens is 186 g/mol. The normalized spacial score (nSPS) is 26.6. The molecule has 0 aromatic carbocycles. The first-order valence-corrected chi connectivity index (χ1v) is 4.51. The second-order valence-corrected chi connectivity index (χ2v) is 3.45. The number of aliphatic hydroxyl groups excluding tert-OH is 1. The summed E-state index contributed by atoms with van der Waals surface area (Å²) in [5, 5.41) is 25.4. The number of hydrogen-bond donors (Lipinski definition) is 2. The summed E-state index contributed by atoms with van der Waals surface area (Å²) in [6, 6.07) is -0.115. The van der Waals surface area contributed by atoms with Crippen LogP contribution >= 0.6 is 0 Å². The maximum Gasteiger partial charge on any atom is 0.358 e. The van der Waals surface area contributed by atoms with Crippen molar-refractivity contribution in [1.29, 1.82) is 0 Å². The zero-order valence-corrected chi connectivity index (χ0v) is 7.50. The lowest BCUT2D eigenvalue weighted by Crippen LogP contribution is -2.18. The van der Waals surface area contributed by atoms with Gasteiger partial charge in [-0.1, -0.05) is 5.21 Å². The van der Waals surface area contributed by atoms with Crippen LogP contribution < -0.4 is 0 Å². The first kappa shape index (κ1) is 9.14. The van der Waals surface area contributed by atoms with Crippen molar-refractivity contribution in [2.45, 2.75) is 31.4 Å². The van der Waals surface area contributed by atoms with Crippen molar-refractivity contribution < 1.29 is 15.0 Å². The van der Waals surface area contributed by atoms with Crippen molar-refractivity contribution in [3.05, 3.63) is 11.9 Å². The van der Waals surface area contributed by atoms with E-state index in [9.17, 15) is 9.90 Å². The molecule has 1 aromatic heterocycles.